The second kappa shape index (κ2) is 7.39. The van der Waals surface area contributed by atoms with E-state index in [1.807, 2.05) is 0 Å². The van der Waals surface area contributed by atoms with Gasteiger partial charge in [0.2, 0.25) is 5.82 Å². The molecule has 2 aromatic heterocycles. The van der Waals surface area contributed by atoms with E-state index in [4.69, 9.17) is 4.74 Å². The Hall–Kier alpha value is -3.51. The first kappa shape index (κ1) is 19.8. The average Bonchev–Trinajstić information content (AvgIpc) is 3.33. The van der Waals surface area contributed by atoms with Crippen molar-refractivity contribution in [3.8, 4) is 5.75 Å². The van der Waals surface area contributed by atoms with Gasteiger partial charge in [0, 0.05) is 25.4 Å². The van der Waals surface area contributed by atoms with Crippen LogP contribution < -0.4 is 4.74 Å². The smallest absolute Gasteiger partial charge is 0.451 e. The van der Waals surface area contributed by atoms with Crippen LogP contribution >= 0.6 is 0 Å². The van der Waals surface area contributed by atoms with Gasteiger partial charge in [0.05, 0.1) is 6.54 Å². The zero-order valence-corrected chi connectivity index (χ0v) is 15.1. The molecular formula is C17H13F5N6O2. The van der Waals surface area contributed by atoms with Crippen LogP contribution in [0.25, 0.3) is 0 Å². The van der Waals surface area contributed by atoms with Crippen LogP contribution in [0.1, 0.15) is 22.1 Å². The van der Waals surface area contributed by atoms with E-state index in [0.29, 0.717) is 6.07 Å². The van der Waals surface area contributed by atoms with Crippen molar-refractivity contribution in [1.82, 2.24) is 29.4 Å². The maximum atomic E-state index is 13.6. The first-order chi connectivity index (χ1) is 14.2. The Morgan fingerprint density at radius 2 is 1.93 bits per heavy atom. The molecule has 0 fully saturated rings. The zero-order chi connectivity index (χ0) is 21.5. The first-order valence-electron chi connectivity index (χ1n) is 8.62. The van der Waals surface area contributed by atoms with E-state index in [2.05, 4.69) is 15.3 Å². The van der Waals surface area contributed by atoms with E-state index in [1.165, 1.54) is 21.8 Å². The normalized spacial score (nSPS) is 14.0. The summed E-state index contributed by atoms with van der Waals surface area (Å²) in [6, 6.07) is 4.23. The van der Waals surface area contributed by atoms with Crippen molar-refractivity contribution in [2.45, 2.75) is 26.0 Å². The molecule has 0 aliphatic carbocycles. The van der Waals surface area contributed by atoms with Gasteiger partial charge in [0.15, 0.2) is 29.8 Å². The number of rotatable bonds is 4. The number of carbonyl (C=O) groups excluding carboxylic acids is 1. The summed E-state index contributed by atoms with van der Waals surface area (Å²) in [6.07, 6.45) is -3.21. The minimum Gasteiger partial charge on any atom is -0.468 e. The summed E-state index contributed by atoms with van der Waals surface area (Å²) >= 11 is 0. The minimum atomic E-state index is -4.62. The van der Waals surface area contributed by atoms with Crippen LogP contribution in [0.4, 0.5) is 22.0 Å². The third kappa shape index (κ3) is 3.82. The predicted octanol–water partition coefficient (Wildman–Crippen LogP) is 2.46. The lowest BCUT2D eigenvalue weighted by atomic mass is 10.3. The topological polar surface area (TPSA) is 78.1 Å². The molecule has 0 saturated carbocycles. The molecule has 3 heterocycles. The Kier molecular flexibility index (Phi) is 4.87. The third-order valence-electron chi connectivity index (χ3n) is 4.40. The minimum absolute atomic E-state index is 0.0245. The lowest BCUT2D eigenvalue weighted by Crippen LogP contribution is -2.39. The lowest BCUT2D eigenvalue weighted by Gasteiger charge is -2.27. The fraction of sp³-hybridized carbons (Fsp3) is 0.294. The Balaban J connectivity index is 1.41. The molecule has 0 radical (unpaired) electrons. The number of benzene rings is 1. The molecule has 1 amide bonds. The van der Waals surface area contributed by atoms with Crippen molar-refractivity contribution in [2.75, 3.05) is 6.54 Å². The summed E-state index contributed by atoms with van der Waals surface area (Å²) < 4.78 is 72.6. The molecule has 1 aliphatic rings. The number of carbonyl (C=O) groups is 1. The standard InChI is InChI=1S/C17H13F5N6O2/c18-10-1-2-13(11(19)7-10)30-9-27-4-3-12(25-27)15(29)26-5-6-28-14(8-26)23-24-16(28)17(20,21)22/h1-4,7H,5-6,8-9H2. The molecule has 4 rings (SSSR count). The molecule has 0 unspecified atom stereocenters. The van der Waals surface area contributed by atoms with Crippen molar-refractivity contribution in [1.29, 1.82) is 0 Å². The molecule has 13 heteroatoms. The quantitative estimate of drug-likeness (QED) is 0.597. The van der Waals surface area contributed by atoms with Crippen molar-refractivity contribution in [2.24, 2.45) is 0 Å². The molecule has 0 atom stereocenters. The van der Waals surface area contributed by atoms with Gasteiger partial charge < -0.3 is 14.2 Å². The first-order valence-corrected chi connectivity index (χ1v) is 8.62. The molecule has 158 valence electrons. The van der Waals surface area contributed by atoms with Gasteiger partial charge in [-0.1, -0.05) is 0 Å². The maximum absolute atomic E-state index is 13.6. The van der Waals surface area contributed by atoms with Crippen molar-refractivity contribution in [3.05, 3.63) is 59.4 Å². The number of amides is 1. The number of aromatic nitrogens is 5. The molecule has 1 aromatic carbocycles. The summed E-state index contributed by atoms with van der Waals surface area (Å²) in [7, 11) is 0. The van der Waals surface area contributed by atoms with Gasteiger partial charge in [-0.15, -0.1) is 10.2 Å². The van der Waals surface area contributed by atoms with Gasteiger partial charge in [-0.3, -0.25) is 4.79 Å². The van der Waals surface area contributed by atoms with E-state index >= 15 is 0 Å². The Morgan fingerprint density at radius 1 is 1.13 bits per heavy atom. The third-order valence-corrected chi connectivity index (χ3v) is 4.40. The Morgan fingerprint density at radius 3 is 2.67 bits per heavy atom. The number of ether oxygens (including phenoxy) is 1. The molecular weight excluding hydrogens is 415 g/mol. The fourth-order valence-corrected chi connectivity index (χ4v) is 2.98. The second-order valence-corrected chi connectivity index (χ2v) is 6.40. The van der Waals surface area contributed by atoms with Gasteiger partial charge in [-0.2, -0.15) is 18.3 Å². The van der Waals surface area contributed by atoms with Crippen LogP contribution in [0.15, 0.2) is 30.5 Å². The molecule has 3 aromatic rings. The number of nitrogens with zero attached hydrogens (tertiary/aromatic N) is 6. The second-order valence-electron chi connectivity index (χ2n) is 6.40. The predicted molar refractivity (Wildman–Crippen MR) is 89.0 cm³/mol. The zero-order valence-electron chi connectivity index (χ0n) is 15.1. The Labute approximate surface area is 165 Å². The summed E-state index contributed by atoms with van der Waals surface area (Å²) in [5.74, 6) is -3.39. The van der Waals surface area contributed by atoms with Gasteiger partial charge in [0.25, 0.3) is 5.91 Å². The van der Waals surface area contributed by atoms with Crippen LogP contribution in [-0.2, 0) is 26.0 Å². The van der Waals surface area contributed by atoms with Gasteiger partial charge in [-0.25, -0.2) is 13.5 Å². The number of alkyl halides is 3. The number of halogens is 5. The van der Waals surface area contributed by atoms with E-state index in [0.717, 1.165) is 16.7 Å². The lowest BCUT2D eigenvalue weighted by molar-refractivity contribution is -0.147. The van der Waals surface area contributed by atoms with Gasteiger partial charge in [-0.05, 0) is 18.2 Å². The van der Waals surface area contributed by atoms with E-state index < -0.39 is 29.5 Å². The summed E-state index contributed by atoms with van der Waals surface area (Å²) in [6.45, 7) is -0.459. The van der Waals surface area contributed by atoms with Crippen LogP contribution in [0.2, 0.25) is 0 Å². The van der Waals surface area contributed by atoms with Crippen LogP contribution in [0.3, 0.4) is 0 Å². The van der Waals surface area contributed by atoms with E-state index in [9.17, 15) is 26.7 Å². The highest BCUT2D eigenvalue weighted by Crippen LogP contribution is 2.29. The molecule has 0 saturated heterocycles. The average molecular weight is 428 g/mol. The molecule has 0 spiro atoms. The van der Waals surface area contributed by atoms with Crippen LogP contribution in [-0.4, -0.2) is 41.9 Å². The SMILES string of the molecule is O=C(c1ccn(COc2ccc(F)cc2F)n1)N1CCn2c(nnc2C(F)(F)F)C1. The number of fused-ring (bicyclic) bond motifs is 1. The highest BCUT2D eigenvalue weighted by molar-refractivity contribution is 5.92. The summed E-state index contributed by atoms with van der Waals surface area (Å²) in [4.78, 5) is 13.9. The fourth-order valence-electron chi connectivity index (χ4n) is 2.98. The van der Waals surface area contributed by atoms with E-state index in [1.54, 1.807) is 0 Å². The summed E-state index contributed by atoms with van der Waals surface area (Å²) in [5.41, 5.74) is 0.0298. The highest BCUT2D eigenvalue weighted by atomic mass is 19.4. The van der Waals surface area contributed by atoms with Crippen LogP contribution in [0, 0.1) is 11.6 Å². The Bertz CT molecular complexity index is 1090. The molecule has 0 N–H and O–H groups in total. The largest absolute Gasteiger partial charge is 0.468 e. The van der Waals surface area contributed by atoms with Crippen molar-refractivity contribution >= 4 is 5.91 Å². The van der Waals surface area contributed by atoms with Gasteiger partial charge >= 0.3 is 6.18 Å². The highest BCUT2D eigenvalue weighted by Gasteiger charge is 2.40. The number of hydrogen-bond acceptors (Lipinski definition) is 5. The number of hydrogen-bond donors (Lipinski definition) is 0. The van der Waals surface area contributed by atoms with Crippen LogP contribution in [0.5, 0.6) is 5.75 Å². The molecule has 30 heavy (non-hydrogen) atoms. The molecule has 1 aliphatic heterocycles. The van der Waals surface area contributed by atoms with Gasteiger partial charge in [0.1, 0.15) is 5.82 Å². The maximum Gasteiger partial charge on any atom is 0.451 e. The molecule has 0 bridgehead atoms. The monoisotopic (exact) mass is 428 g/mol. The van der Waals surface area contributed by atoms with Crippen molar-refractivity contribution in [3.63, 3.8) is 0 Å². The molecule has 8 nitrogen and oxygen atoms in total. The van der Waals surface area contributed by atoms with E-state index in [-0.39, 0.29) is 43.6 Å². The summed E-state index contributed by atoms with van der Waals surface area (Å²) in [5, 5.41) is 10.7. The van der Waals surface area contributed by atoms with Crippen molar-refractivity contribution < 1.29 is 31.5 Å².